The molecule has 1 aliphatic heterocycles. The quantitative estimate of drug-likeness (QED) is 0.420. The van der Waals surface area contributed by atoms with E-state index in [0.717, 1.165) is 37.6 Å². The number of hydrogen-bond acceptors (Lipinski definition) is 4. The van der Waals surface area contributed by atoms with Crippen LogP contribution in [-0.4, -0.2) is 68.7 Å². The van der Waals surface area contributed by atoms with Gasteiger partial charge in [-0.1, -0.05) is 6.07 Å². The Morgan fingerprint density at radius 3 is 2.70 bits per heavy atom. The third kappa shape index (κ3) is 6.52. The van der Waals surface area contributed by atoms with E-state index in [4.69, 9.17) is 10.5 Å². The topological polar surface area (TPSA) is 66.1 Å². The highest BCUT2D eigenvalue weighted by molar-refractivity contribution is 14.0. The zero-order valence-electron chi connectivity index (χ0n) is 14.2. The fourth-order valence-corrected chi connectivity index (χ4v) is 2.50. The summed E-state index contributed by atoms with van der Waals surface area (Å²) in [5.41, 5.74) is 6.85. The van der Waals surface area contributed by atoms with Gasteiger partial charge in [0.05, 0.1) is 13.7 Å². The van der Waals surface area contributed by atoms with Crippen molar-refractivity contribution in [3.63, 3.8) is 0 Å². The number of nitrogens with zero attached hydrogens (tertiary/aromatic N) is 3. The van der Waals surface area contributed by atoms with Gasteiger partial charge in [0.15, 0.2) is 5.96 Å². The van der Waals surface area contributed by atoms with Crippen LogP contribution in [0, 0.1) is 0 Å². The molecule has 1 saturated heterocycles. The maximum atomic E-state index is 5.97. The van der Waals surface area contributed by atoms with E-state index in [9.17, 15) is 0 Å². The number of methoxy groups -OCH3 is 1. The molecule has 1 aliphatic rings. The molecule has 0 radical (unpaired) electrons. The number of benzene rings is 1. The van der Waals surface area contributed by atoms with Gasteiger partial charge in [-0.15, -0.1) is 24.0 Å². The first-order valence-corrected chi connectivity index (χ1v) is 7.72. The Balaban J connectivity index is 0.00000264. The SMILES string of the molecule is COc1cccc(NC(N)=NCC(C)N2CCN(C)CC2)c1.I. The monoisotopic (exact) mass is 433 g/mol. The molecule has 130 valence electrons. The van der Waals surface area contributed by atoms with Crippen molar-refractivity contribution in [1.29, 1.82) is 0 Å². The Kier molecular flexibility index (Phi) is 8.64. The molecule has 0 aromatic heterocycles. The minimum absolute atomic E-state index is 0. The van der Waals surface area contributed by atoms with Crippen molar-refractivity contribution in [2.24, 2.45) is 10.7 Å². The normalized spacial score (nSPS) is 18.1. The van der Waals surface area contributed by atoms with Crippen LogP contribution in [0.15, 0.2) is 29.3 Å². The number of aliphatic imine (C=N–C) groups is 1. The lowest BCUT2D eigenvalue weighted by Crippen LogP contribution is -2.49. The van der Waals surface area contributed by atoms with Gasteiger partial charge in [0.25, 0.3) is 0 Å². The van der Waals surface area contributed by atoms with E-state index in [0.29, 0.717) is 18.5 Å². The predicted octanol–water partition coefficient (Wildman–Crippen LogP) is 1.68. The van der Waals surface area contributed by atoms with Crippen LogP contribution < -0.4 is 15.8 Å². The van der Waals surface area contributed by atoms with Crippen LogP contribution >= 0.6 is 24.0 Å². The summed E-state index contributed by atoms with van der Waals surface area (Å²) in [6, 6.07) is 8.05. The van der Waals surface area contributed by atoms with Gasteiger partial charge in [0.1, 0.15) is 5.75 Å². The number of piperazine rings is 1. The highest BCUT2D eigenvalue weighted by Crippen LogP contribution is 2.16. The lowest BCUT2D eigenvalue weighted by Gasteiger charge is -2.35. The first-order valence-electron chi connectivity index (χ1n) is 7.72. The summed E-state index contributed by atoms with van der Waals surface area (Å²) in [5, 5.41) is 3.10. The van der Waals surface area contributed by atoms with Gasteiger partial charge in [0, 0.05) is 44.0 Å². The van der Waals surface area contributed by atoms with Crippen LogP contribution in [-0.2, 0) is 0 Å². The van der Waals surface area contributed by atoms with Gasteiger partial charge in [-0.3, -0.25) is 9.89 Å². The van der Waals surface area contributed by atoms with Crippen LogP contribution in [0.5, 0.6) is 5.75 Å². The molecular formula is C16H28IN5O. The number of likely N-dealkylation sites (N-methyl/N-ethyl adjacent to an activating group) is 1. The summed E-state index contributed by atoms with van der Waals surface area (Å²) in [6.45, 7) is 7.32. The molecule has 2 rings (SSSR count). The van der Waals surface area contributed by atoms with Gasteiger partial charge >= 0.3 is 0 Å². The Bertz CT molecular complexity index is 503. The smallest absolute Gasteiger partial charge is 0.193 e. The number of ether oxygens (including phenoxy) is 1. The highest BCUT2D eigenvalue weighted by Gasteiger charge is 2.18. The molecule has 0 saturated carbocycles. The molecule has 1 aromatic rings. The van der Waals surface area contributed by atoms with Crippen molar-refractivity contribution in [3.05, 3.63) is 24.3 Å². The van der Waals surface area contributed by atoms with E-state index < -0.39 is 0 Å². The van der Waals surface area contributed by atoms with Crippen molar-refractivity contribution in [2.75, 3.05) is 52.2 Å². The number of rotatable bonds is 5. The summed E-state index contributed by atoms with van der Waals surface area (Å²) in [4.78, 5) is 9.27. The van der Waals surface area contributed by atoms with Crippen molar-refractivity contribution in [1.82, 2.24) is 9.80 Å². The Morgan fingerprint density at radius 2 is 2.04 bits per heavy atom. The molecule has 23 heavy (non-hydrogen) atoms. The first kappa shape index (κ1) is 20.0. The van der Waals surface area contributed by atoms with Crippen molar-refractivity contribution in [3.8, 4) is 5.75 Å². The number of guanidine groups is 1. The third-order valence-electron chi connectivity index (χ3n) is 4.03. The lowest BCUT2D eigenvalue weighted by molar-refractivity contribution is 0.122. The summed E-state index contributed by atoms with van der Waals surface area (Å²) in [6.07, 6.45) is 0. The van der Waals surface area contributed by atoms with Crippen molar-refractivity contribution in [2.45, 2.75) is 13.0 Å². The lowest BCUT2D eigenvalue weighted by atomic mass is 10.2. The molecule has 1 aromatic carbocycles. The van der Waals surface area contributed by atoms with Gasteiger partial charge < -0.3 is 20.7 Å². The summed E-state index contributed by atoms with van der Waals surface area (Å²) < 4.78 is 5.19. The van der Waals surface area contributed by atoms with E-state index in [2.05, 4.69) is 34.1 Å². The zero-order chi connectivity index (χ0) is 15.9. The van der Waals surface area contributed by atoms with Crippen LogP contribution in [0.2, 0.25) is 0 Å². The van der Waals surface area contributed by atoms with E-state index in [-0.39, 0.29) is 24.0 Å². The average Bonchev–Trinajstić information content (AvgIpc) is 2.53. The fourth-order valence-electron chi connectivity index (χ4n) is 2.50. The second-order valence-corrected chi connectivity index (χ2v) is 5.77. The maximum Gasteiger partial charge on any atom is 0.193 e. The number of nitrogens with one attached hydrogen (secondary N) is 1. The molecule has 1 atom stereocenters. The molecule has 6 nitrogen and oxygen atoms in total. The standard InChI is InChI=1S/C16H27N5O.HI/c1-13(21-9-7-20(2)8-10-21)12-18-16(17)19-14-5-4-6-15(11-14)22-3;/h4-6,11,13H,7-10,12H2,1-3H3,(H3,17,18,19);1H. The molecule has 0 amide bonds. The Hall–Kier alpha value is -1.06. The summed E-state index contributed by atoms with van der Waals surface area (Å²) in [5.74, 6) is 1.23. The molecule has 1 fully saturated rings. The molecule has 1 heterocycles. The number of nitrogens with two attached hydrogens (primary N) is 1. The van der Waals surface area contributed by atoms with Crippen molar-refractivity contribution >= 4 is 35.6 Å². The Labute approximate surface area is 156 Å². The molecule has 1 unspecified atom stereocenters. The van der Waals surface area contributed by atoms with E-state index in [1.165, 1.54) is 0 Å². The Morgan fingerprint density at radius 1 is 1.35 bits per heavy atom. The molecule has 3 N–H and O–H groups in total. The number of anilines is 1. The fraction of sp³-hybridized carbons (Fsp3) is 0.562. The van der Waals surface area contributed by atoms with E-state index in [1.807, 2.05) is 24.3 Å². The van der Waals surface area contributed by atoms with Gasteiger partial charge in [-0.05, 0) is 26.1 Å². The minimum atomic E-state index is 0. The largest absolute Gasteiger partial charge is 0.497 e. The molecule has 0 bridgehead atoms. The summed E-state index contributed by atoms with van der Waals surface area (Å²) in [7, 11) is 3.81. The van der Waals surface area contributed by atoms with Crippen LogP contribution in [0.4, 0.5) is 5.69 Å². The maximum absolute atomic E-state index is 5.97. The van der Waals surface area contributed by atoms with Crippen LogP contribution in [0.3, 0.4) is 0 Å². The van der Waals surface area contributed by atoms with Crippen LogP contribution in [0.25, 0.3) is 0 Å². The summed E-state index contributed by atoms with van der Waals surface area (Å²) >= 11 is 0. The molecular weight excluding hydrogens is 405 g/mol. The predicted molar refractivity (Wildman–Crippen MR) is 107 cm³/mol. The highest BCUT2D eigenvalue weighted by atomic mass is 127. The number of hydrogen-bond donors (Lipinski definition) is 2. The van der Waals surface area contributed by atoms with Crippen molar-refractivity contribution < 1.29 is 4.74 Å². The zero-order valence-corrected chi connectivity index (χ0v) is 16.5. The second-order valence-electron chi connectivity index (χ2n) is 5.77. The van der Waals surface area contributed by atoms with E-state index in [1.54, 1.807) is 7.11 Å². The van der Waals surface area contributed by atoms with Gasteiger partial charge in [-0.2, -0.15) is 0 Å². The minimum Gasteiger partial charge on any atom is -0.497 e. The molecule has 0 aliphatic carbocycles. The third-order valence-corrected chi connectivity index (χ3v) is 4.03. The first-order chi connectivity index (χ1) is 10.6. The molecule has 0 spiro atoms. The number of halogens is 1. The van der Waals surface area contributed by atoms with E-state index >= 15 is 0 Å². The van der Waals surface area contributed by atoms with Gasteiger partial charge in [0.2, 0.25) is 0 Å². The van der Waals surface area contributed by atoms with Gasteiger partial charge in [-0.25, -0.2) is 0 Å². The van der Waals surface area contributed by atoms with Crippen LogP contribution in [0.1, 0.15) is 6.92 Å². The second kappa shape index (κ2) is 9.94. The average molecular weight is 433 g/mol. The molecule has 7 heteroatoms.